The van der Waals surface area contributed by atoms with Crippen LogP contribution in [0, 0.1) is 6.92 Å². The first-order valence-corrected chi connectivity index (χ1v) is 6.29. The Morgan fingerprint density at radius 2 is 2.20 bits per heavy atom. The Kier molecular flexibility index (Phi) is 4.20. The smallest absolute Gasteiger partial charge is 0.371 e. The number of anilines is 1. The summed E-state index contributed by atoms with van der Waals surface area (Å²) >= 11 is 5.94. The Hall–Kier alpha value is -2.14. The number of hydrogen-bond donors (Lipinski definition) is 2. The molecule has 0 fully saturated rings. The van der Waals surface area contributed by atoms with Gasteiger partial charge in [0.1, 0.15) is 11.5 Å². The van der Waals surface area contributed by atoms with Crippen LogP contribution in [0.5, 0.6) is 5.75 Å². The van der Waals surface area contributed by atoms with E-state index in [9.17, 15) is 4.79 Å². The molecule has 0 amide bonds. The molecular weight excluding hydrogens is 282 g/mol. The highest BCUT2D eigenvalue weighted by molar-refractivity contribution is 6.32. The first kappa shape index (κ1) is 14.3. The lowest BCUT2D eigenvalue weighted by Gasteiger charge is -2.08. The second kappa shape index (κ2) is 5.88. The Balaban J connectivity index is 2.10. The zero-order chi connectivity index (χ0) is 14.7. The number of hydrogen-bond acceptors (Lipinski definition) is 4. The van der Waals surface area contributed by atoms with Crippen molar-refractivity contribution in [2.24, 2.45) is 0 Å². The number of halogens is 1. The average molecular weight is 296 g/mol. The van der Waals surface area contributed by atoms with Crippen LogP contribution in [0.15, 0.2) is 28.7 Å². The molecule has 0 bridgehead atoms. The van der Waals surface area contributed by atoms with Crippen molar-refractivity contribution in [1.29, 1.82) is 0 Å². The van der Waals surface area contributed by atoms with Crippen LogP contribution in [0.3, 0.4) is 0 Å². The zero-order valence-corrected chi connectivity index (χ0v) is 11.8. The van der Waals surface area contributed by atoms with Crippen molar-refractivity contribution in [2.75, 3.05) is 12.4 Å². The summed E-state index contributed by atoms with van der Waals surface area (Å²) in [7, 11) is 1.55. The molecular formula is C14H14ClNO4. The van der Waals surface area contributed by atoms with Crippen molar-refractivity contribution < 1.29 is 19.1 Å². The molecule has 0 aliphatic heterocycles. The highest BCUT2D eigenvalue weighted by Crippen LogP contribution is 2.27. The molecule has 106 valence electrons. The molecule has 6 heteroatoms. The summed E-state index contributed by atoms with van der Waals surface area (Å²) < 4.78 is 10.3. The van der Waals surface area contributed by atoms with Gasteiger partial charge in [-0.1, -0.05) is 11.6 Å². The summed E-state index contributed by atoms with van der Waals surface area (Å²) in [5.74, 6) is 0.0168. The molecule has 0 spiro atoms. The molecule has 0 unspecified atom stereocenters. The van der Waals surface area contributed by atoms with Crippen molar-refractivity contribution in [1.82, 2.24) is 0 Å². The molecule has 1 aromatic carbocycles. The van der Waals surface area contributed by atoms with Gasteiger partial charge in [-0.25, -0.2) is 4.79 Å². The number of rotatable bonds is 5. The minimum Gasteiger partial charge on any atom is -0.495 e. The summed E-state index contributed by atoms with van der Waals surface area (Å²) in [5, 5.41) is 12.6. The van der Waals surface area contributed by atoms with E-state index < -0.39 is 5.97 Å². The van der Waals surface area contributed by atoms with Crippen molar-refractivity contribution in [3.05, 3.63) is 46.4 Å². The lowest BCUT2D eigenvalue weighted by molar-refractivity contribution is 0.0661. The maximum atomic E-state index is 10.8. The van der Waals surface area contributed by atoms with E-state index in [2.05, 4.69) is 5.32 Å². The molecule has 0 aliphatic rings. The molecule has 0 saturated heterocycles. The van der Waals surface area contributed by atoms with Gasteiger partial charge in [-0.3, -0.25) is 0 Å². The zero-order valence-electron chi connectivity index (χ0n) is 11.1. The number of benzene rings is 1. The fourth-order valence-electron chi connectivity index (χ4n) is 1.77. The van der Waals surface area contributed by atoms with Gasteiger partial charge >= 0.3 is 5.97 Å². The maximum absolute atomic E-state index is 10.8. The molecule has 2 aromatic rings. The first-order valence-electron chi connectivity index (χ1n) is 5.91. The van der Waals surface area contributed by atoms with E-state index >= 15 is 0 Å². The highest BCUT2D eigenvalue weighted by atomic mass is 35.5. The Labute approximate surface area is 121 Å². The van der Waals surface area contributed by atoms with Crippen molar-refractivity contribution in [3.63, 3.8) is 0 Å². The fraction of sp³-hybridized carbons (Fsp3) is 0.214. The second-order valence-electron chi connectivity index (χ2n) is 4.20. The van der Waals surface area contributed by atoms with Crippen LogP contribution < -0.4 is 10.1 Å². The Morgan fingerprint density at radius 3 is 2.80 bits per heavy atom. The molecule has 0 aliphatic carbocycles. The third-order valence-electron chi connectivity index (χ3n) is 2.87. The number of aryl methyl sites for hydroxylation is 1. The van der Waals surface area contributed by atoms with E-state index in [4.69, 9.17) is 25.9 Å². The molecule has 1 aromatic heterocycles. The normalized spacial score (nSPS) is 10.3. The number of carboxylic acids is 1. The fourth-order valence-corrected chi connectivity index (χ4v) is 1.96. The number of carbonyl (C=O) groups is 1. The summed E-state index contributed by atoms with van der Waals surface area (Å²) in [6, 6.07) is 6.83. The van der Waals surface area contributed by atoms with E-state index in [-0.39, 0.29) is 5.76 Å². The summed E-state index contributed by atoms with van der Waals surface area (Å²) in [5.41, 5.74) is 1.61. The second-order valence-corrected chi connectivity index (χ2v) is 4.61. The van der Waals surface area contributed by atoms with Crippen LogP contribution in [0.25, 0.3) is 0 Å². The van der Waals surface area contributed by atoms with E-state index in [0.717, 1.165) is 11.3 Å². The van der Waals surface area contributed by atoms with Gasteiger partial charge in [-0.2, -0.15) is 0 Å². The number of methoxy groups -OCH3 is 1. The molecule has 2 N–H and O–H groups in total. The van der Waals surface area contributed by atoms with Gasteiger partial charge in [0.2, 0.25) is 5.76 Å². The summed E-state index contributed by atoms with van der Waals surface area (Å²) in [6.07, 6.45) is 0. The summed E-state index contributed by atoms with van der Waals surface area (Å²) in [6.45, 7) is 2.18. The van der Waals surface area contributed by atoms with Crippen LogP contribution >= 0.6 is 11.6 Å². The predicted octanol–water partition coefficient (Wildman–Crippen LogP) is 3.56. The van der Waals surface area contributed by atoms with Gasteiger partial charge in [0, 0.05) is 23.9 Å². The van der Waals surface area contributed by atoms with Gasteiger partial charge in [-0.15, -0.1) is 0 Å². The van der Waals surface area contributed by atoms with Gasteiger partial charge in [0.05, 0.1) is 12.1 Å². The molecule has 2 rings (SSSR count). The highest BCUT2D eigenvalue weighted by Gasteiger charge is 2.12. The Morgan fingerprint density at radius 1 is 1.45 bits per heavy atom. The number of furan rings is 1. The van der Waals surface area contributed by atoms with E-state index in [1.165, 1.54) is 6.07 Å². The first-order chi connectivity index (χ1) is 9.51. The van der Waals surface area contributed by atoms with E-state index in [1.807, 2.05) is 6.07 Å². The van der Waals surface area contributed by atoms with Crippen LogP contribution in [0.4, 0.5) is 5.69 Å². The van der Waals surface area contributed by atoms with Crippen molar-refractivity contribution in [3.8, 4) is 5.75 Å². The average Bonchev–Trinajstić information content (AvgIpc) is 2.79. The number of nitrogens with one attached hydrogen (secondary N) is 1. The Bertz CT molecular complexity index is 636. The topological polar surface area (TPSA) is 71.7 Å². The minimum atomic E-state index is -1.08. The SMILES string of the molecule is COc1cc(NCc2cc(C(=O)O)oc2C)ccc1Cl. The van der Waals surface area contributed by atoms with Gasteiger partial charge in [0.25, 0.3) is 0 Å². The minimum absolute atomic E-state index is 0.0620. The number of carboxylic acid groups (broad SMARTS) is 1. The quantitative estimate of drug-likeness (QED) is 0.882. The van der Waals surface area contributed by atoms with Gasteiger partial charge in [0.15, 0.2) is 0 Å². The van der Waals surface area contributed by atoms with Crippen LogP contribution in [-0.2, 0) is 6.54 Å². The standard InChI is InChI=1S/C14H14ClNO4/c1-8-9(5-13(20-8)14(17)18)7-16-10-3-4-11(15)12(6-10)19-2/h3-6,16H,7H2,1-2H3,(H,17,18). The third kappa shape index (κ3) is 3.05. The molecule has 0 saturated carbocycles. The predicted molar refractivity (Wildman–Crippen MR) is 75.7 cm³/mol. The monoisotopic (exact) mass is 295 g/mol. The molecule has 20 heavy (non-hydrogen) atoms. The molecule has 0 atom stereocenters. The van der Waals surface area contributed by atoms with Crippen molar-refractivity contribution >= 4 is 23.3 Å². The lowest BCUT2D eigenvalue weighted by atomic mass is 10.2. The van der Waals surface area contributed by atoms with E-state index in [0.29, 0.717) is 23.1 Å². The number of aromatic carboxylic acids is 1. The summed E-state index contributed by atoms with van der Waals surface area (Å²) in [4.78, 5) is 10.8. The molecule has 5 nitrogen and oxygen atoms in total. The van der Waals surface area contributed by atoms with Crippen LogP contribution in [-0.4, -0.2) is 18.2 Å². The van der Waals surface area contributed by atoms with Gasteiger partial charge < -0.3 is 19.6 Å². The number of ether oxygens (including phenoxy) is 1. The molecule has 0 radical (unpaired) electrons. The van der Waals surface area contributed by atoms with Gasteiger partial charge in [-0.05, 0) is 25.1 Å². The third-order valence-corrected chi connectivity index (χ3v) is 3.18. The van der Waals surface area contributed by atoms with E-state index in [1.54, 1.807) is 26.2 Å². The van der Waals surface area contributed by atoms with Crippen LogP contribution in [0.2, 0.25) is 5.02 Å². The largest absolute Gasteiger partial charge is 0.495 e. The van der Waals surface area contributed by atoms with Crippen molar-refractivity contribution in [2.45, 2.75) is 13.5 Å². The molecule has 1 heterocycles. The maximum Gasteiger partial charge on any atom is 0.371 e. The van der Waals surface area contributed by atoms with Crippen LogP contribution in [0.1, 0.15) is 21.9 Å². The lowest BCUT2D eigenvalue weighted by Crippen LogP contribution is -2.00.